The smallest absolute Gasteiger partial charge is 0.0280 e. The van der Waals surface area contributed by atoms with Crippen LogP contribution in [0.3, 0.4) is 0 Å². The molecule has 3 N–H and O–H groups in total. The minimum absolute atomic E-state index is 0. The largest absolute Gasteiger partial charge is 0.324 e. The van der Waals surface area contributed by atoms with Gasteiger partial charge in [-0.1, -0.05) is 19.3 Å². The van der Waals surface area contributed by atoms with Crippen LogP contribution >= 0.6 is 12.4 Å². The standard InChI is InChI=1S/C10H20N2.ClH/c11-10(6-2-1-3-7-10)8-12-9-4-5-9;/h9,12H,1-8,11H2;1H. The van der Waals surface area contributed by atoms with E-state index >= 15 is 0 Å². The van der Waals surface area contributed by atoms with Crippen LogP contribution in [0.25, 0.3) is 0 Å². The topological polar surface area (TPSA) is 38.0 Å². The molecule has 0 bridgehead atoms. The molecule has 3 heteroatoms. The van der Waals surface area contributed by atoms with E-state index in [1.807, 2.05) is 0 Å². The third-order valence-electron chi connectivity index (χ3n) is 3.17. The summed E-state index contributed by atoms with van der Waals surface area (Å²) in [5.41, 5.74) is 6.41. The molecule has 0 amide bonds. The second kappa shape index (κ2) is 4.63. The molecular formula is C10H21ClN2. The molecule has 0 radical (unpaired) electrons. The summed E-state index contributed by atoms with van der Waals surface area (Å²) in [4.78, 5) is 0. The Labute approximate surface area is 87.1 Å². The molecule has 2 aliphatic carbocycles. The van der Waals surface area contributed by atoms with E-state index in [2.05, 4.69) is 5.32 Å². The van der Waals surface area contributed by atoms with Gasteiger partial charge in [-0.15, -0.1) is 12.4 Å². The third-order valence-corrected chi connectivity index (χ3v) is 3.17. The van der Waals surface area contributed by atoms with Crippen molar-refractivity contribution >= 4 is 12.4 Å². The molecule has 0 saturated heterocycles. The van der Waals surface area contributed by atoms with E-state index in [1.165, 1.54) is 44.9 Å². The average molecular weight is 205 g/mol. The minimum Gasteiger partial charge on any atom is -0.324 e. The maximum Gasteiger partial charge on any atom is 0.0280 e. The van der Waals surface area contributed by atoms with Crippen LogP contribution in [0.1, 0.15) is 44.9 Å². The van der Waals surface area contributed by atoms with Gasteiger partial charge >= 0.3 is 0 Å². The molecule has 0 spiro atoms. The van der Waals surface area contributed by atoms with Gasteiger partial charge in [0.1, 0.15) is 0 Å². The van der Waals surface area contributed by atoms with E-state index in [4.69, 9.17) is 5.73 Å². The highest BCUT2D eigenvalue weighted by atomic mass is 35.5. The zero-order valence-corrected chi connectivity index (χ0v) is 9.04. The molecule has 13 heavy (non-hydrogen) atoms. The van der Waals surface area contributed by atoms with Crippen LogP contribution in [0.4, 0.5) is 0 Å². The highest BCUT2D eigenvalue weighted by Gasteiger charge is 2.30. The van der Waals surface area contributed by atoms with Gasteiger partial charge in [-0.3, -0.25) is 0 Å². The van der Waals surface area contributed by atoms with Gasteiger partial charge in [-0.25, -0.2) is 0 Å². The van der Waals surface area contributed by atoms with Crippen LogP contribution in [0, 0.1) is 0 Å². The lowest BCUT2D eigenvalue weighted by Gasteiger charge is -2.33. The van der Waals surface area contributed by atoms with Gasteiger partial charge in [0.05, 0.1) is 0 Å². The predicted octanol–water partition coefficient (Wildman–Crippen LogP) is 1.82. The first kappa shape index (κ1) is 11.3. The Kier molecular flexibility index (Phi) is 4.02. The molecular weight excluding hydrogens is 184 g/mol. The first-order valence-electron chi connectivity index (χ1n) is 5.31. The van der Waals surface area contributed by atoms with Crippen molar-refractivity contribution in [3.63, 3.8) is 0 Å². The first-order valence-corrected chi connectivity index (χ1v) is 5.31. The van der Waals surface area contributed by atoms with Crippen molar-refractivity contribution in [2.75, 3.05) is 6.54 Å². The lowest BCUT2D eigenvalue weighted by molar-refractivity contribution is 0.283. The zero-order chi connectivity index (χ0) is 8.44. The summed E-state index contributed by atoms with van der Waals surface area (Å²) in [5, 5.41) is 3.54. The summed E-state index contributed by atoms with van der Waals surface area (Å²) in [7, 11) is 0. The Morgan fingerprint density at radius 1 is 1.15 bits per heavy atom. The highest BCUT2D eigenvalue weighted by Crippen LogP contribution is 2.26. The second-order valence-electron chi connectivity index (χ2n) is 4.58. The molecule has 2 nitrogen and oxygen atoms in total. The Hall–Kier alpha value is 0.210. The molecule has 2 rings (SSSR count). The monoisotopic (exact) mass is 204 g/mol. The van der Waals surface area contributed by atoms with Crippen molar-refractivity contribution in [2.45, 2.75) is 56.5 Å². The van der Waals surface area contributed by atoms with Crippen molar-refractivity contribution < 1.29 is 0 Å². The van der Waals surface area contributed by atoms with Gasteiger partial charge in [0, 0.05) is 18.1 Å². The Morgan fingerprint density at radius 2 is 1.77 bits per heavy atom. The number of rotatable bonds is 3. The average Bonchev–Trinajstić information content (AvgIpc) is 2.85. The Morgan fingerprint density at radius 3 is 2.31 bits per heavy atom. The predicted molar refractivity (Wildman–Crippen MR) is 58.3 cm³/mol. The molecule has 0 aromatic carbocycles. The first-order chi connectivity index (χ1) is 5.79. The fraction of sp³-hybridized carbons (Fsp3) is 1.00. The van der Waals surface area contributed by atoms with Crippen LogP contribution in [-0.4, -0.2) is 18.1 Å². The fourth-order valence-electron chi connectivity index (χ4n) is 2.07. The van der Waals surface area contributed by atoms with Crippen molar-refractivity contribution in [1.29, 1.82) is 0 Å². The van der Waals surface area contributed by atoms with Crippen molar-refractivity contribution in [3.8, 4) is 0 Å². The number of nitrogens with one attached hydrogen (secondary N) is 1. The van der Waals surface area contributed by atoms with Gasteiger partial charge in [0.15, 0.2) is 0 Å². The molecule has 0 unspecified atom stereocenters. The summed E-state index contributed by atoms with van der Waals surface area (Å²) in [5.74, 6) is 0. The van der Waals surface area contributed by atoms with Crippen LogP contribution in [0.2, 0.25) is 0 Å². The van der Waals surface area contributed by atoms with E-state index in [1.54, 1.807) is 0 Å². The van der Waals surface area contributed by atoms with Gasteiger partial charge in [-0.2, -0.15) is 0 Å². The molecule has 0 aliphatic heterocycles. The number of halogens is 1. The van der Waals surface area contributed by atoms with E-state index < -0.39 is 0 Å². The van der Waals surface area contributed by atoms with E-state index in [0.717, 1.165) is 12.6 Å². The Bertz CT molecular complexity index is 151. The van der Waals surface area contributed by atoms with Crippen LogP contribution in [0.15, 0.2) is 0 Å². The SMILES string of the molecule is Cl.NC1(CNC2CC2)CCCCC1. The van der Waals surface area contributed by atoms with Crippen LogP contribution in [-0.2, 0) is 0 Å². The maximum absolute atomic E-state index is 6.27. The minimum atomic E-state index is 0. The number of hydrogen-bond acceptors (Lipinski definition) is 2. The molecule has 2 saturated carbocycles. The fourth-order valence-corrected chi connectivity index (χ4v) is 2.07. The summed E-state index contributed by atoms with van der Waals surface area (Å²) < 4.78 is 0. The summed E-state index contributed by atoms with van der Waals surface area (Å²) in [6, 6.07) is 0.812. The summed E-state index contributed by atoms with van der Waals surface area (Å²) in [6.07, 6.45) is 9.26. The molecule has 2 aliphatic rings. The Balaban J connectivity index is 0.000000845. The summed E-state index contributed by atoms with van der Waals surface area (Å²) in [6.45, 7) is 1.05. The van der Waals surface area contributed by atoms with Crippen molar-refractivity contribution in [1.82, 2.24) is 5.32 Å². The lowest BCUT2D eigenvalue weighted by atomic mass is 9.82. The maximum atomic E-state index is 6.27. The van der Waals surface area contributed by atoms with Crippen LogP contribution in [0.5, 0.6) is 0 Å². The highest BCUT2D eigenvalue weighted by molar-refractivity contribution is 5.85. The molecule has 2 fully saturated rings. The van der Waals surface area contributed by atoms with Gasteiger partial charge in [0.25, 0.3) is 0 Å². The summed E-state index contributed by atoms with van der Waals surface area (Å²) >= 11 is 0. The van der Waals surface area contributed by atoms with Crippen LogP contribution < -0.4 is 11.1 Å². The van der Waals surface area contributed by atoms with Gasteiger partial charge in [-0.05, 0) is 25.7 Å². The normalized spacial score (nSPS) is 26.5. The molecule has 78 valence electrons. The second-order valence-corrected chi connectivity index (χ2v) is 4.58. The molecule has 0 aromatic heterocycles. The molecule has 0 heterocycles. The molecule has 0 atom stereocenters. The van der Waals surface area contributed by atoms with E-state index in [9.17, 15) is 0 Å². The van der Waals surface area contributed by atoms with Crippen molar-refractivity contribution in [2.24, 2.45) is 5.73 Å². The zero-order valence-electron chi connectivity index (χ0n) is 8.22. The number of hydrogen-bond donors (Lipinski definition) is 2. The van der Waals surface area contributed by atoms with E-state index in [0.29, 0.717) is 0 Å². The third kappa shape index (κ3) is 3.45. The quantitative estimate of drug-likeness (QED) is 0.736. The van der Waals surface area contributed by atoms with Crippen molar-refractivity contribution in [3.05, 3.63) is 0 Å². The number of nitrogens with two attached hydrogens (primary N) is 1. The van der Waals surface area contributed by atoms with E-state index in [-0.39, 0.29) is 17.9 Å². The van der Waals surface area contributed by atoms with Gasteiger partial charge in [0.2, 0.25) is 0 Å². The molecule has 0 aromatic rings. The van der Waals surface area contributed by atoms with Gasteiger partial charge < -0.3 is 11.1 Å². The lowest BCUT2D eigenvalue weighted by Crippen LogP contribution is -2.50.